The summed E-state index contributed by atoms with van der Waals surface area (Å²) in [6, 6.07) is 22.0. The highest BCUT2D eigenvalue weighted by atomic mass is 35.5. The number of nitrogens with zero attached hydrogens (tertiary/aromatic N) is 3. The average Bonchev–Trinajstić information content (AvgIpc) is 2.74. The van der Waals surface area contributed by atoms with Crippen molar-refractivity contribution < 1.29 is 0 Å². The molecule has 0 saturated heterocycles. The van der Waals surface area contributed by atoms with Gasteiger partial charge in [0.15, 0.2) is 0 Å². The van der Waals surface area contributed by atoms with Gasteiger partial charge in [0.05, 0.1) is 0 Å². The fraction of sp³-hybridized carbons (Fsp3) is 0.125. The lowest BCUT2D eigenvalue weighted by molar-refractivity contribution is 0.850. The average molecular weight is 452 g/mol. The van der Waals surface area contributed by atoms with E-state index < -0.39 is 0 Å². The number of benzene rings is 3. The van der Waals surface area contributed by atoms with E-state index in [-0.39, 0.29) is 0 Å². The second-order valence-electron chi connectivity index (χ2n) is 7.01. The van der Waals surface area contributed by atoms with Gasteiger partial charge in [0.2, 0.25) is 5.16 Å². The fourth-order valence-corrected chi connectivity index (χ4v) is 4.53. The molecular weight excluding hydrogens is 433 g/mol. The molecule has 3 nitrogen and oxygen atoms in total. The zero-order chi connectivity index (χ0) is 21.1. The molecule has 4 rings (SSSR count). The minimum atomic E-state index is 0.567. The molecule has 150 valence electrons. The number of thioether (sulfide) groups is 1. The van der Waals surface area contributed by atoms with Crippen LogP contribution in [0.3, 0.4) is 0 Å². The number of aryl methyl sites for hydroxylation is 2. The van der Waals surface area contributed by atoms with E-state index in [2.05, 4.69) is 72.6 Å². The third-order valence-corrected chi connectivity index (χ3v) is 6.30. The topological polar surface area (TPSA) is 38.7 Å². The van der Waals surface area contributed by atoms with Crippen LogP contribution in [-0.2, 0) is 5.75 Å². The highest BCUT2D eigenvalue weighted by Crippen LogP contribution is 2.33. The third-order valence-electron chi connectivity index (χ3n) is 4.72. The molecule has 0 N–H and O–H groups in total. The molecule has 1 heterocycles. The van der Waals surface area contributed by atoms with Gasteiger partial charge in [0, 0.05) is 26.9 Å². The Kier molecular flexibility index (Phi) is 6.38. The fourth-order valence-electron chi connectivity index (χ4n) is 3.00. The molecule has 1 aromatic heterocycles. The molecule has 0 spiro atoms. The number of aromatic nitrogens is 3. The summed E-state index contributed by atoms with van der Waals surface area (Å²) >= 11 is 14.1. The maximum atomic E-state index is 6.30. The normalized spacial score (nSPS) is 10.9. The van der Waals surface area contributed by atoms with Crippen LogP contribution in [-0.4, -0.2) is 15.2 Å². The van der Waals surface area contributed by atoms with E-state index in [0.717, 1.165) is 28.1 Å². The highest BCUT2D eigenvalue weighted by molar-refractivity contribution is 7.98. The van der Waals surface area contributed by atoms with Crippen molar-refractivity contribution in [1.82, 2.24) is 15.2 Å². The van der Waals surface area contributed by atoms with E-state index in [9.17, 15) is 0 Å². The van der Waals surface area contributed by atoms with Crippen LogP contribution < -0.4 is 0 Å². The first-order chi connectivity index (χ1) is 14.5. The number of halogens is 2. The van der Waals surface area contributed by atoms with Crippen molar-refractivity contribution in [2.45, 2.75) is 24.8 Å². The largest absolute Gasteiger partial charge is 0.219 e. The molecule has 0 radical (unpaired) electrons. The van der Waals surface area contributed by atoms with Crippen LogP contribution >= 0.6 is 35.0 Å². The van der Waals surface area contributed by atoms with E-state index in [1.807, 2.05) is 18.2 Å². The Hall–Kier alpha value is -2.40. The molecular formula is C24H19Cl2N3S. The summed E-state index contributed by atoms with van der Waals surface area (Å²) in [6.07, 6.45) is 0. The van der Waals surface area contributed by atoms with E-state index >= 15 is 0 Å². The Labute approximate surface area is 190 Å². The summed E-state index contributed by atoms with van der Waals surface area (Å²) < 4.78 is 0. The van der Waals surface area contributed by atoms with Gasteiger partial charge in [-0.1, -0.05) is 101 Å². The van der Waals surface area contributed by atoms with Crippen molar-refractivity contribution >= 4 is 35.0 Å². The molecule has 3 aromatic carbocycles. The SMILES string of the molecule is Cc1ccc(-c2nnc(SCc3c(Cl)cccc3Cl)nc2-c2ccc(C)cc2)cc1. The summed E-state index contributed by atoms with van der Waals surface area (Å²) in [4.78, 5) is 4.85. The summed E-state index contributed by atoms with van der Waals surface area (Å²) in [5.41, 5.74) is 6.82. The molecule has 0 aliphatic carbocycles. The minimum absolute atomic E-state index is 0.567. The second kappa shape index (κ2) is 9.17. The second-order valence-corrected chi connectivity index (χ2v) is 8.77. The van der Waals surface area contributed by atoms with Gasteiger partial charge >= 0.3 is 0 Å². The lowest BCUT2D eigenvalue weighted by Crippen LogP contribution is -2.00. The quantitative estimate of drug-likeness (QED) is 0.295. The predicted molar refractivity (Wildman–Crippen MR) is 126 cm³/mol. The van der Waals surface area contributed by atoms with Gasteiger partial charge in [-0.05, 0) is 31.5 Å². The highest BCUT2D eigenvalue weighted by Gasteiger charge is 2.15. The van der Waals surface area contributed by atoms with Gasteiger partial charge in [-0.2, -0.15) is 0 Å². The summed E-state index contributed by atoms with van der Waals surface area (Å²) in [7, 11) is 0. The monoisotopic (exact) mass is 451 g/mol. The van der Waals surface area contributed by atoms with Gasteiger partial charge in [-0.3, -0.25) is 0 Å². The molecule has 0 amide bonds. The maximum Gasteiger partial charge on any atom is 0.210 e. The van der Waals surface area contributed by atoms with Crippen LogP contribution in [0.1, 0.15) is 16.7 Å². The van der Waals surface area contributed by atoms with Crippen molar-refractivity contribution in [3.63, 3.8) is 0 Å². The number of hydrogen-bond acceptors (Lipinski definition) is 4. The van der Waals surface area contributed by atoms with Crippen LogP contribution in [0, 0.1) is 13.8 Å². The van der Waals surface area contributed by atoms with Crippen molar-refractivity contribution in [1.29, 1.82) is 0 Å². The zero-order valence-electron chi connectivity index (χ0n) is 16.6. The zero-order valence-corrected chi connectivity index (χ0v) is 18.9. The van der Waals surface area contributed by atoms with Crippen LogP contribution in [0.5, 0.6) is 0 Å². The molecule has 0 bridgehead atoms. The van der Waals surface area contributed by atoms with E-state index in [0.29, 0.717) is 21.0 Å². The molecule has 4 aromatic rings. The number of rotatable bonds is 5. The van der Waals surface area contributed by atoms with Gasteiger partial charge in [0.1, 0.15) is 11.4 Å². The van der Waals surface area contributed by atoms with Crippen LogP contribution in [0.25, 0.3) is 22.5 Å². The first kappa shape index (κ1) is 20.9. The lowest BCUT2D eigenvalue weighted by atomic mass is 10.0. The van der Waals surface area contributed by atoms with E-state index in [4.69, 9.17) is 28.2 Å². The molecule has 0 atom stereocenters. The molecule has 6 heteroatoms. The Morgan fingerprint density at radius 1 is 0.700 bits per heavy atom. The van der Waals surface area contributed by atoms with Gasteiger partial charge in [0.25, 0.3) is 0 Å². The Bertz CT molecular complexity index is 1160. The minimum Gasteiger partial charge on any atom is -0.219 e. The first-order valence-electron chi connectivity index (χ1n) is 9.46. The van der Waals surface area contributed by atoms with Crippen LogP contribution in [0.4, 0.5) is 0 Å². The van der Waals surface area contributed by atoms with Crippen molar-refractivity contribution in [3.8, 4) is 22.5 Å². The van der Waals surface area contributed by atoms with E-state index in [1.165, 1.54) is 22.9 Å². The van der Waals surface area contributed by atoms with Crippen molar-refractivity contribution in [3.05, 3.63) is 93.5 Å². The van der Waals surface area contributed by atoms with Gasteiger partial charge in [-0.25, -0.2) is 4.98 Å². The molecule has 0 aliphatic heterocycles. The van der Waals surface area contributed by atoms with Gasteiger partial charge in [-0.15, -0.1) is 10.2 Å². The summed E-state index contributed by atoms with van der Waals surface area (Å²) in [5, 5.41) is 10.8. The Morgan fingerprint density at radius 2 is 1.23 bits per heavy atom. The molecule has 0 fully saturated rings. The Balaban J connectivity index is 1.72. The van der Waals surface area contributed by atoms with Crippen LogP contribution in [0.15, 0.2) is 71.9 Å². The third kappa shape index (κ3) is 4.67. The maximum absolute atomic E-state index is 6.30. The molecule has 0 unspecified atom stereocenters. The molecule has 0 aliphatic rings. The summed E-state index contributed by atoms with van der Waals surface area (Å²) in [5.74, 6) is 0.567. The number of hydrogen-bond donors (Lipinski definition) is 0. The lowest BCUT2D eigenvalue weighted by Gasteiger charge is -2.11. The Morgan fingerprint density at radius 3 is 1.80 bits per heavy atom. The predicted octanol–water partition coefficient (Wildman–Crippen LogP) is 7.42. The first-order valence-corrected chi connectivity index (χ1v) is 11.2. The van der Waals surface area contributed by atoms with E-state index in [1.54, 1.807) is 0 Å². The van der Waals surface area contributed by atoms with Crippen molar-refractivity contribution in [2.24, 2.45) is 0 Å². The molecule has 30 heavy (non-hydrogen) atoms. The standard InChI is InChI=1S/C24H19Cl2N3S/c1-15-6-10-17(11-7-15)22-23(18-12-8-16(2)9-13-18)28-29-24(27-22)30-14-19-20(25)4-3-5-21(19)26/h3-13H,14H2,1-2H3. The smallest absolute Gasteiger partial charge is 0.210 e. The summed E-state index contributed by atoms with van der Waals surface area (Å²) in [6.45, 7) is 4.13. The van der Waals surface area contributed by atoms with Crippen LogP contribution in [0.2, 0.25) is 10.0 Å². The van der Waals surface area contributed by atoms with Gasteiger partial charge < -0.3 is 0 Å². The van der Waals surface area contributed by atoms with Crippen molar-refractivity contribution in [2.75, 3.05) is 0 Å². The molecule has 0 saturated carbocycles.